The van der Waals surface area contributed by atoms with Crippen LogP contribution in [0.3, 0.4) is 0 Å². The van der Waals surface area contributed by atoms with Gasteiger partial charge in [0.2, 0.25) is 5.91 Å². The summed E-state index contributed by atoms with van der Waals surface area (Å²) in [7, 11) is 1.56. The molecule has 0 saturated carbocycles. The number of halogens is 1. The molecule has 9 heteroatoms. The van der Waals surface area contributed by atoms with Gasteiger partial charge < -0.3 is 10.1 Å². The second-order valence-corrected chi connectivity index (χ2v) is 8.80. The van der Waals surface area contributed by atoms with Gasteiger partial charge in [-0.3, -0.25) is 15.0 Å². The highest BCUT2D eigenvalue weighted by Gasteiger charge is 2.34. The van der Waals surface area contributed by atoms with Crippen molar-refractivity contribution in [3.8, 4) is 11.8 Å². The average Bonchev–Trinajstić information content (AvgIpc) is 3.34. The predicted molar refractivity (Wildman–Crippen MR) is 143 cm³/mol. The molecule has 3 aromatic carbocycles. The van der Waals surface area contributed by atoms with Crippen LogP contribution in [0.5, 0.6) is 5.75 Å². The lowest BCUT2D eigenvalue weighted by molar-refractivity contribution is -0.137. The van der Waals surface area contributed by atoms with Gasteiger partial charge in [-0.25, -0.2) is 10.0 Å². The van der Waals surface area contributed by atoms with Crippen LogP contribution in [0.25, 0.3) is 0 Å². The van der Waals surface area contributed by atoms with E-state index in [4.69, 9.17) is 21.6 Å². The minimum atomic E-state index is -0.428. The van der Waals surface area contributed by atoms with Crippen LogP contribution < -0.4 is 15.5 Å². The van der Waals surface area contributed by atoms with Crippen molar-refractivity contribution in [2.75, 3.05) is 12.4 Å². The van der Waals surface area contributed by atoms with Gasteiger partial charge in [0.1, 0.15) is 18.0 Å². The molecule has 1 saturated heterocycles. The summed E-state index contributed by atoms with van der Waals surface area (Å²) in [6, 6.07) is 23.7. The van der Waals surface area contributed by atoms with E-state index in [-0.39, 0.29) is 18.4 Å². The number of methoxy groups -OCH3 is 1. The van der Waals surface area contributed by atoms with Gasteiger partial charge in [-0.15, -0.1) is 0 Å². The molecule has 4 rings (SSSR count). The summed E-state index contributed by atoms with van der Waals surface area (Å²) in [6.07, 6.45) is 0.964. The fraction of sp³-hybridized carbons (Fsp3) is 0.214. The molecule has 1 atom stereocenters. The van der Waals surface area contributed by atoms with E-state index in [0.717, 1.165) is 11.1 Å². The number of carbonyl (C=O) groups is 2. The van der Waals surface area contributed by atoms with Crippen molar-refractivity contribution in [3.63, 3.8) is 0 Å². The third kappa shape index (κ3) is 6.46. The number of hydrogen-bond acceptors (Lipinski definition) is 5. The predicted octanol–water partition coefficient (Wildman–Crippen LogP) is 5.34. The topological polar surface area (TPSA) is 107 Å². The quantitative estimate of drug-likeness (QED) is 0.394. The van der Waals surface area contributed by atoms with E-state index in [9.17, 15) is 9.59 Å². The van der Waals surface area contributed by atoms with Gasteiger partial charge in [0.05, 0.1) is 29.9 Å². The molecule has 1 fully saturated rings. The van der Waals surface area contributed by atoms with Gasteiger partial charge in [0.25, 0.3) is 5.91 Å². The molecular weight excluding hydrogens is 490 g/mol. The molecular formula is C28H26ClN5O3. The zero-order chi connectivity index (χ0) is 26.2. The largest absolute Gasteiger partial charge is 0.497 e. The number of ether oxygens (including phenoxy) is 1. The van der Waals surface area contributed by atoms with E-state index in [2.05, 4.69) is 21.8 Å². The molecule has 188 valence electrons. The number of anilines is 1. The molecule has 0 radical (unpaired) electrons. The first kappa shape index (κ1) is 25.7. The number of nitriles is 1. The summed E-state index contributed by atoms with van der Waals surface area (Å²) >= 11 is 6.55. The van der Waals surface area contributed by atoms with E-state index in [0.29, 0.717) is 47.2 Å². The number of amides is 2. The molecule has 0 aromatic heterocycles. The van der Waals surface area contributed by atoms with Crippen molar-refractivity contribution in [1.82, 2.24) is 10.4 Å². The summed E-state index contributed by atoms with van der Waals surface area (Å²) in [5, 5.41) is 13.6. The monoisotopic (exact) mass is 515 g/mol. The Bertz CT molecular complexity index is 1340. The molecule has 2 N–H and O–H groups in total. The number of aliphatic imine (C=N–C) groups is 1. The smallest absolute Gasteiger partial charge is 0.250 e. The highest BCUT2D eigenvalue weighted by molar-refractivity contribution is 6.34. The van der Waals surface area contributed by atoms with Crippen molar-refractivity contribution in [3.05, 3.63) is 88.9 Å². The molecule has 1 aliphatic rings. The Kier molecular flexibility index (Phi) is 8.39. The van der Waals surface area contributed by atoms with E-state index in [1.807, 2.05) is 42.5 Å². The van der Waals surface area contributed by atoms with Crippen molar-refractivity contribution >= 4 is 40.6 Å². The van der Waals surface area contributed by atoms with Crippen molar-refractivity contribution in [2.24, 2.45) is 4.99 Å². The summed E-state index contributed by atoms with van der Waals surface area (Å²) in [5.41, 5.74) is 5.97. The third-order valence-corrected chi connectivity index (χ3v) is 6.34. The Hall–Kier alpha value is -4.35. The number of nitrogens with one attached hydrogen (secondary N) is 2. The van der Waals surface area contributed by atoms with Crippen molar-refractivity contribution in [2.45, 2.75) is 31.7 Å². The first-order valence-corrected chi connectivity index (χ1v) is 12.2. The number of rotatable bonds is 8. The Labute approximate surface area is 220 Å². The number of amidine groups is 1. The van der Waals surface area contributed by atoms with Crippen molar-refractivity contribution < 1.29 is 14.3 Å². The highest BCUT2D eigenvalue weighted by Crippen LogP contribution is 2.33. The lowest BCUT2D eigenvalue weighted by atomic mass is 10.0. The molecule has 3 aromatic rings. The number of carbonyl (C=O) groups excluding carboxylic acids is 2. The first-order valence-electron chi connectivity index (χ1n) is 11.8. The average molecular weight is 516 g/mol. The first-order chi connectivity index (χ1) is 18.0. The lowest BCUT2D eigenvalue weighted by Crippen LogP contribution is -2.41. The van der Waals surface area contributed by atoms with Crippen LogP contribution in [-0.4, -0.2) is 29.8 Å². The summed E-state index contributed by atoms with van der Waals surface area (Å²) in [6.45, 7) is 0. The molecule has 0 bridgehead atoms. The maximum Gasteiger partial charge on any atom is 0.250 e. The van der Waals surface area contributed by atoms with Crippen LogP contribution in [0, 0.1) is 11.3 Å². The van der Waals surface area contributed by atoms with Gasteiger partial charge in [-0.1, -0.05) is 54.1 Å². The third-order valence-electron chi connectivity index (χ3n) is 5.91. The second-order valence-electron chi connectivity index (χ2n) is 8.43. The van der Waals surface area contributed by atoms with Crippen LogP contribution in [-0.2, 0) is 16.0 Å². The normalized spacial score (nSPS) is 15.6. The van der Waals surface area contributed by atoms with E-state index in [1.165, 1.54) is 5.01 Å². The molecule has 2 amide bonds. The van der Waals surface area contributed by atoms with E-state index in [1.54, 1.807) is 37.4 Å². The Morgan fingerprint density at radius 3 is 2.59 bits per heavy atom. The number of benzene rings is 3. The van der Waals surface area contributed by atoms with Crippen LogP contribution in [0.2, 0.25) is 5.02 Å². The SMILES string of the molecule is COc1ccc(NC(=O)CC(=O)N2NC(=Nc3cccc(CCC#N)c3Cl)CC2c2ccccc2)cc1. The minimum Gasteiger partial charge on any atom is -0.497 e. The van der Waals surface area contributed by atoms with Gasteiger partial charge in [-0.05, 0) is 47.9 Å². The fourth-order valence-electron chi connectivity index (χ4n) is 4.07. The zero-order valence-electron chi connectivity index (χ0n) is 20.3. The molecule has 1 aliphatic heterocycles. The summed E-state index contributed by atoms with van der Waals surface area (Å²) in [5.74, 6) is 0.405. The number of hydrogen-bond donors (Lipinski definition) is 2. The highest BCUT2D eigenvalue weighted by atomic mass is 35.5. The van der Waals surface area contributed by atoms with Gasteiger partial charge >= 0.3 is 0 Å². The van der Waals surface area contributed by atoms with Crippen LogP contribution >= 0.6 is 11.6 Å². The second kappa shape index (κ2) is 12.1. The maximum atomic E-state index is 13.2. The number of aryl methyl sites for hydroxylation is 1. The Morgan fingerprint density at radius 1 is 1.14 bits per heavy atom. The molecule has 0 spiro atoms. The van der Waals surface area contributed by atoms with Crippen LogP contribution in [0.4, 0.5) is 11.4 Å². The van der Waals surface area contributed by atoms with E-state index < -0.39 is 5.91 Å². The number of hydrazine groups is 1. The Balaban J connectivity index is 1.52. The summed E-state index contributed by atoms with van der Waals surface area (Å²) < 4.78 is 5.13. The fourth-order valence-corrected chi connectivity index (χ4v) is 4.33. The molecule has 37 heavy (non-hydrogen) atoms. The van der Waals surface area contributed by atoms with Crippen LogP contribution in [0.1, 0.15) is 36.4 Å². The van der Waals surface area contributed by atoms with Gasteiger partial charge in [0, 0.05) is 18.5 Å². The van der Waals surface area contributed by atoms with Gasteiger partial charge in [-0.2, -0.15) is 5.26 Å². The maximum absolute atomic E-state index is 13.2. The molecule has 1 unspecified atom stereocenters. The summed E-state index contributed by atoms with van der Waals surface area (Å²) in [4.78, 5) is 30.6. The van der Waals surface area contributed by atoms with Crippen molar-refractivity contribution in [1.29, 1.82) is 5.26 Å². The molecule has 1 heterocycles. The number of nitrogens with zero attached hydrogens (tertiary/aromatic N) is 3. The molecule has 8 nitrogen and oxygen atoms in total. The van der Waals surface area contributed by atoms with Gasteiger partial charge in [0.15, 0.2) is 0 Å². The Morgan fingerprint density at radius 2 is 1.89 bits per heavy atom. The molecule has 0 aliphatic carbocycles. The van der Waals surface area contributed by atoms with E-state index >= 15 is 0 Å². The lowest BCUT2D eigenvalue weighted by Gasteiger charge is -2.24. The standard InChI is InChI=1S/C28H26ClN5O3/c1-37-22-14-12-21(13-15-22)31-26(35)18-27(36)34-24(19-7-3-2-4-8-19)17-25(33-34)32-23-11-5-9-20(28(23)29)10-6-16-30/h2-5,7-9,11-15,24H,6,10,17-18H2,1H3,(H,31,35)(H,32,33). The zero-order valence-corrected chi connectivity index (χ0v) is 21.0. The minimum absolute atomic E-state index is 0.346. The van der Waals surface area contributed by atoms with Crippen LogP contribution in [0.15, 0.2) is 77.8 Å².